The van der Waals surface area contributed by atoms with Crippen LogP contribution in [0.5, 0.6) is 0 Å². The molecular weight excluding hydrogens is 206 g/mol. The summed E-state index contributed by atoms with van der Waals surface area (Å²) >= 11 is 0. The molecule has 0 aromatic carbocycles. The first-order chi connectivity index (χ1) is 7.69. The van der Waals surface area contributed by atoms with E-state index >= 15 is 0 Å². The first-order valence-corrected chi connectivity index (χ1v) is 6.08. The number of carbonyl (C=O) groups is 1. The minimum Gasteiger partial charge on any atom is -0.467 e. The second-order valence-corrected chi connectivity index (χ2v) is 4.54. The Labute approximate surface area is 97.5 Å². The molecule has 0 radical (unpaired) electrons. The summed E-state index contributed by atoms with van der Waals surface area (Å²) in [6.07, 6.45) is 4.40. The van der Waals surface area contributed by atoms with Crippen molar-refractivity contribution in [1.29, 1.82) is 0 Å². The number of hydrogen-bond donors (Lipinski definition) is 1. The van der Waals surface area contributed by atoms with Gasteiger partial charge in [0.2, 0.25) is 0 Å². The Bertz CT molecular complexity index is 220. The van der Waals surface area contributed by atoms with E-state index < -0.39 is 6.10 Å². The highest BCUT2D eigenvalue weighted by molar-refractivity contribution is 5.73. The van der Waals surface area contributed by atoms with Crippen molar-refractivity contribution >= 4 is 5.97 Å². The van der Waals surface area contributed by atoms with Crippen molar-refractivity contribution < 1.29 is 14.3 Å². The molecule has 16 heavy (non-hydrogen) atoms. The topological polar surface area (TPSA) is 61.5 Å². The van der Waals surface area contributed by atoms with E-state index in [0.29, 0.717) is 18.4 Å². The van der Waals surface area contributed by atoms with Crippen LogP contribution < -0.4 is 5.73 Å². The summed E-state index contributed by atoms with van der Waals surface area (Å²) in [6.45, 7) is 3.07. The Morgan fingerprint density at radius 1 is 1.38 bits per heavy atom. The lowest BCUT2D eigenvalue weighted by Crippen LogP contribution is -2.32. The third kappa shape index (κ3) is 3.76. The summed E-state index contributed by atoms with van der Waals surface area (Å²) in [4.78, 5) is 11.2. The Hall–Kier alpha value is -0.610. The minimum atomic E-state index is -0.467. The number of carbonyl (C=O) groups excluding carboxylic acids is 1. The monoisotopic (exact) mass is 229 g/mol. The predicted molar refractivity (Wildman–Crippen MR) is 61.9 cm³/mol. The SMILES string of the molecule is COC(=O)C(C)OCC1CCCCC1CN. The quantitative estimate of drug-likeness (QED) is 0.722. The fourth-order valence-electron chi connectivity index (χ4n) is 2.32. The zero-order chi connectivity index (χ0) is 12.0. The van der Waals surface area contributed by atoms with Crippen LogP contribution in [-0.4, -0.2) is 32.3 Å². The second kappa shape index (κ2) is 6.86. The Morgan fingerprint density at radius 3 is 2.56 bits per heavy atom. The van der Waals surface area contributed by atoms with Gasteiger partial charge in [-0.1, -0.05) is 12.8 Å². The first kappa shape index (κ1) is 13.5. The van der Waals surface area contributed by atoms with Gasteiger partial charge in [-0.3, -0.25) is 0 Å². The molecule has 0 aromatic rings. The molecule has 1 aliphatic rings. The van der Waals surface area contributed by atoms with Crippen LogP contribution in [0.15, 0.2) is 0 Å². The van der Waals surface area contributed by atoms with Crippen LogP contribution in [0.3, 0.4) is 0 Å². The van der Waals surface area contributed by atoms with Crippen molar-refractivity contribution in [3.63, 3.8) is 0 Å². The summed E-state index contributed by atoms with van der Waals surface area (Å²) in [6, 6.07) is 0. The molecule has 0 saturated heterocycles. The Kier molecular flexibility index (Phi) is 5.77. The van der Waals surface area contributed by atoms with Crippen LogP contribution in [-0.2, 0) is 14.3 Å². The summed E-state index contributed by atoms with van der Waals surface area (Å²) in [7, 11) is 1.38. The van der Waals surface area contributed by atoms with Gasteiger partial charge in [0, 0.05) is 0 Å². The molecule has 4 heteroatoms. The van der Waals surface area contributed by atoms with E-state index in [0.717, 1.165) is 13.0 Å². The van der Waals surface area contributed by atoms with Gasteiger partial charge in [0.05, 0.1) is 13.7 Å². The van der Waals surface area contributed by atoms with Gasteiger partial charge < -0.3 is 15.2 Å². The maximum Gasteiger partial charge on any atom is 0.334 e. The number of esters is 1. The van der Waals surface area contributed by atoms with E-state index in [1.54, 1.807) is 6.92 Å². The molecule has 0 spiro atoms. The average molecular weight is 229 g/mol. The molecule has 1 rings (SSSR count). The van der Waals surface area contributed by atoms with Gasteiger partial charge in [-0.15, -0.1) is 0 Å². The highest BCUT2D eigenvalue weighted by Crippen LogP contribution is 2.29. The molecular formula is C12H23NO3. The van der Waals surface area contributed by atoms with Crippen LogP contribution >= 0.6 is 0 Å². The highest BCUT2D eigenvalue weighted by atomic mass is 16.6. The van der Waals surface area contributed by atoms with Crippen LogP contribution in [0.4, 0.5) is 0 Å². The Balaban J connectivity index is 2.32. The highest BCUT2D eigenvalue weighted by Gasteiger charge is 2.25. The number of hydrogen-bond acceptors (Lipinski definition) is 4. The van der Waals surface area contributed by atoms with Crippen LogP contribution in [0.1, 0.15) is 32.6 Å². The van der Waals surface area contributed by atoms with Crippen LogP contribution in [0, 0.1) is 11.8 Å². The van der Waals surface area contributed by atoms with Crippen molar-refractivity contribution in [2.24, 2.45) is 17.6 Å². The largest absolute Gasteiger partial charge is 0.467 e. The van der Waals surface area contributed by atoms with Gasteiger partial charge in [-0.05, 0) is 38.1 Å². The fourth-order valence-corrected chi connectivity index (χ4v) is 2.32. The first-order valence-electron chi connectivity index (χ1n) is 6.08. The van der Waals surface area contributed by atoms with Crippen molar-refractivity contribution in [3.8, 4) is 0 Å². The molecule has 2 N–H and O–H groups in total. The van der Waals surface area contributed by atoms with E-state index in [2.05, 4.69) is 4.74 Å². The molecule has 3 unspecified atom stereocenters. The Morgan fingerprint density at radius 2 is 2.00 bits per heavy atom. The van der Waals surface area contributed by atoms with Crippen molar-refractivity contribution in [2.75, 3.05) is 20.3 Å². The molecule has 1 aliphatic carbocycles. The van der Waals surface area contributed by atoms with E-state index in [9.17, 15) is 4.79 Å². The summed E-state index contributed by atoms with van der Waals surface area (Å²) < 4.78 is 10.2. The van der Waals surface area contributed by atoms with E-state index in [4.69, 9.17) is 10.5 Å². The van der Waals surface area contributed by atoms with Crippen molar-refractivity contribution in [2.45, 2.75) is 38.7 Å². The van der Waals surface area contributed by atoms with E-state index in [1.807, 2.05) is 0 Å². The molecule has 0 aliphatic heterocycles. The van der Waals surface area contributed by atoms with Gasteiger partial charge in [-0.2, -0.15) is 0 Å². The molecule has 0 heterocycles. The van der Waals surface area contributed by atoms with Gasteiger partial charge in [0.25, 0.3) is 0 Å². The molecule has 94 valence electrons. The van der Waals surface area contributed by atoms with Gasteiger partial charge in [-0.25, -0.2) is 4.79 Å². The standard InChI is InChI=1S/C12H23NO3/c1-9(12(14)15-2)16-8-11-6-4-3-5-10(11)7-13/h9-11H,3-8,13H2,1-2H3. The lowest BCUT2D eigenvalue weighted by Gasteiger charge is -2.30. The third-order valence-electron chi connectivity index (χ3n) is 3.46. The molecule has 1 fully saturated rings. The van der Waals surface area contributed by atoms with Gasteiger partial charge in [0.15, 0.2) is 6.10 Å². The van der Waals surface area contributed by atoms with E-state index in [-0.39, 0.29) is 5.97 Å². The number of nitrogens with two attached hydrogens (primary N) is 1. The zero-order valence-electron chi connectivity index (χ0n) is 10.3. The smallest absolute Gasteiger partial charge is 0.334 e. The van der Waals surface area contributed by atoms with Crippen LogP contribution in [0.2, 0.25) is 0 Å². The molecule has 0 amide bonds. The second-order valence-electron chi connectivity index (χ2n) is 4.54. The molecule has 3 atom stereocenters. The zero-order valence-corrected chi connectivity index (χ0v) is 10.3. The number of ether oxygens (including phenoxy) is 2. The predicted octanol–water partition coefficient (Wildman–Crippen LogP) is 1.33. The van der Waals surface area contributed by atoms with Gasteiger partial charge in [0.1, 0.15) is 0 Å². The van der Waals surface area contributed by atoms with Crippen molar-refractivity contribution in [3.05, 3.63) is 0 Å². The fraction of sp³-hybridized carbons (Fsp3) is 0.917. The maximum absolute atomic E-state index is 11.2. The molecule has 0 bridgehead atoms. The van der Waals surface area contributed by atoms with E-state index in [1.165, 1.54) is 26.4 Å². The summed E-state index contributed by atoms with van der Waals surface area (Å²) in [5, 5.41) is 0. The lowest BCUT2D eigenvalue weighted by molar-refractivity contribution is -0.154. The number of methoxy groups -OCH3 is 1. The average Bonchev–Trinajstić information content (AvgIpc) is 2.35. The molecule has 1 saturated carbocycles. The number of rotatable bonds is 5. The normalized spacial score (nSPS) is 27.4. The van der Waals surface area contributed by atoms with Gasteiger partial charge >= 0.3 is 5.97 Å². The third-order valence-corrected chi connectivity index (χ3v) is 3.46. The lowest BCUT2D eigenvalue weighted by atomic mass is 9.80. The molecule has 4 nitrogen and oxygen atoms in total. The summed E-state index contributed by atoms with van der Waals surface area (Å²) in [5.41, 5.74) is 5.74. The van der Waals surface area contributed by atoms with Crippen LogP contribution in [0.25, 0.3) is 0 Å². The minimum absolute atomic E-state index is 0.305. The van der Waals surface area contributed by atoms with Crippen molar-refractivity contribution in [1.82, 2.24) is 0 Å². The maximum atomic E-state index is 11.2. The molecule has 0 aromatic heterocycles. The summed E-state index contributed by atoms with van der Waals surface area (Å²) in [5.74, 6) is 0.754.